The van der Waals surface area contributed by atoms with E-state index in [1.165, 1.54) is 19.3 Å². The second kappa shape index (κ2) is 5.46. The summed E-state index contributed by atoms with van der Waals surface area (Å²) in [5, 5.41) is 3.59. The van der Waals surface area contributed by atoms with Gasteiger partial charge in [-0.1, -0.05) is 12.1 Å². The van der Waals surface area contributed by atoms with Gasteiger partial charge < -0.3 is 9.64 Å². The van der Waals surface area contributed by atoms with E-state index in [4.69, 9.17) is 10.5 Å². The molecule has 4 aliphatic carbocycles. The summed E-state index contributed by atoms with van der Waals surface area (Å²) in [4.78, 5) is 15.4. The van der Waals surface area contributed by atoms with Crippen molar-refractivity contribution in [1.82, 2.24) is 10.2 Å². The van der Waals surface area contributed by atoms with Gasteiger partial charge in [-0.2, -0.15) is 0 Å². The summed E-state index contributed by atoms with van der Waals surface area (Å²) >= 11 is 0. The monoisotopic (exact) mass is 355 g/mol. The molecule has 0 aromatic heterocycles. The Hall–Kier alpha value is -1.59. The minimum absolute atomic E-state index is 0.0181. The minimum atomic E-state index is -0.705. The first-order valence-corrected chi connectivity index (χ1v) is 9.92. The zero-order valence-electron chi connectivity index (χ0n) is 15.7. The van der Waals surface area contributed by atoms with E-state index in [2.05, 4.69) is 17.4 Å². The molecule has 5 fully saturated rings. The van der Waals surface area contributed by atoms with Gasteiger partial charge in [0.25, 0.3) is 0 Å². The van der Waals surface area contributed by atoms with Crippen molar-refractivity contribution in [2.75, 3.05) is 14.2 Å². The van der Waals surface area contributed by atoms with Gasteiger partial charge in [-0.25, -0.2) is 0 Å². The lowest BCUT2D eigenvalue weighted by atomic mass is 9.43. The molecule has 1 aliphatic heterocycles. The molecule has 4 bridgehead atoms. The molecule has 1 aromatic carbocycles. The average Bonchev–Trinajstić information content (AvgIpc) is 2.86. The van der Waals surface area contributed by atoms with E-state index in [9.17, 15) is 4.79 Å². The molecule has 1 saturated heterocycles. The van der Waals surface area contributed by atoms with Crippen LogP contribution in [0.1, 0.15) is 44.1 Å². The van der Waals surface area contributed by atoms with Crippen LogP contribution in [0.2, 0.25) is 0 Å². The summed E-state index contributed by atoms with van der Waals surface area (Å²) in [7, 11) is 3.50. The predicted octanol–water partition coefficient (Wildman–Crippen LogP) is 2.41. The lowest BCUT2D eigenvalue weighted by Gasteiger charge is -2.62. The molecule has 1 amide bonds. The quantitative estimate of drug-likeness (QED) is 0.874. The van der Waals surface area contributed by atoms with Crippen LogP contribution in [-0.2, 0) is 10.3 Å². The molecular weight excluding hydrogens is 326 g/mol. The number of hydrogen-bond donors (Lipinski definition) is 2. The standard InChI is InChI=1S/C21H29N3O2/c1-24-18(25)21(23-19(24)22,16-3-5-17(26-2)6-4-16)20-10-13-7-14(11-20)9-15(8-13)12-20/h3-6,13-15,19,23H,7-12,22H2,1-2H3/t13?,14?,15?,19?,20?,21-/m1/s1. The van der Waals surface area contributed by atoms with Crippen molar-refractivity contribution in [2.24, 2.45) is 28.9 Å². The first kappa shape index (κ1) is 16.6. The van der Waals surface area contributed by atoms with Crippen molar-refractivity contribution < 1.29 is 9.53 Å². The molecule has 6 rings (SSSR count). The van der Waals surface area contributed by atoms with Gasteiger partial charge in [0.05, 0.1) is 7.11 Å². The molecule has 2 atom stereocenters. The van der Waals surface area contributed by atoms with E-state index in [0.29, 0.717) is 0 Å². The molecule has 1 aromatic rings. The molecule has 5 heteroatoms. The number of benzene rings is 1. The molecule has 5 aliphatic rings. The van der Waals surface area contributed by atoms with Gasteiger partial charge in [0.15, 0.2) is 0 Å². The Kier molecular flexibility index (Phi) is 3.48. The average molecular weight is 355 g/mol. The first-order chi connectivity index (χ1) is 12.5. The number of ether oxygens (including phenoxy) is 1. The maximum atomic E-state index is 13.7. The smallest absolute Gasteiger partial charge is 0.250 e. The number of hydrogen-bond acceptors (Lipinski definition) is 4. The van der Waals surface area contributed by atoms with Gasteiger partial charge >= 0.3 is 0 Å². The number of methoxy groups -OCH3 is 1. The minimum Gasteiger partial charge on any atom is -0.497 e. The fourth-order valence-corrected chi connectivity index (χ4v) is 7.08. The highest BCUT2D eigenvalue weighted by atomic mass is 16.5. The van der Waals surface area contributed by atoms with Crippen molar-refractivity contribution in [1.29, 1.82) is 0 Å². The van der Waals surface area contributed by atoms with Crippen LogP contribution in [0, 0.1) is 23.2 Å². The number of nitrogens with two attached hydrogens (primary N) is 1. The Bertz CT molecular complexity index is 696. The lowest BCUT2D eigenvalue weighted by Crippen LogP contribution is -2.64. The van der Waals surface area contributed by atoms with Gasteiger partial charge in [0.2, 0.25) is 5.91 Å². The second-order valence-corrected chi connectivity index (χ2v) is 9.18. The SMILES string of the molecule is COc1ccc([C@@]2(C34CC5CC(CC(C5)C3)C4)NC(N)N(C)C2=O)cc1. The van der Waals surface area contributed by atoms with Crippen LogP contribution in [0.5, 0.6) is 5.75 Å². The molecule has 26 heavy (non-hydrogen) atoms. The summed E-state index contributed by atoms with van der Waals surface area (Å²) in [6.07, 6.45) is 7.06. The summed E-state index contributed by atoms with van der Waals surface area (Å²) in [6.45, 7) is 0. The molecule has 0 spiro atoms. The van der Waals surface area contributed by atoms with E-state index >= 15 is 0 Å². The van der Waals surface area contributed by atoms with Crippen LogP contribution in [0.15, 0.2) is 24.3 Å². The summed E-state index contributed by atoms with van der Waals surface area (Å²) < 4.78 is 5.34. The Labute approximate surface area is 155 Å². The lowest BCUT2D eigenvalue weighted by molar-refractivity contribution is -0.150. The van der Waals surface area contributed by atoms with Crippen molar-refractivity contribution in [3.63, 3.8) is 0 Å². The first-order valence-electron chi connectivity index (χ1n) is 9.92. The Morgan fingerprint density at radius 1 is 1.08 bits per heavy atom. The number of carbonyl (C=O) groups is 1. The van der Waals surface area contributed by atoms with E-state index in [1.807, 2.05) is 19.2 Å². The Morgan fingerprint density at radius 2 is 1.62 bits per heavy atom. The highest BCUT2D eigenvalue weighted by molar-refractivity contribution is 5.91. The fraction of sp³-hybridized carbons (Fsp3) is 0.667. The highest BCUT2D eigenvalue weighted by Crippen LogP contribution is 2.66. The number of amides is 1. The molecule has 140 valence electrons. The summed E-state index contributed by atoms with van der Waals surface area (Å²) in [5.74, 6) is 3.27. The number of likely N-dealkylation sites (N-methyl/N-ethyl adjacent to an activating group) is 1. The molecule has 1 unspecified atom stereocenters. The van der Waals surface area contributed by atoms with E-state index in [-0.39, 0.29) is 11.3 Å². The number of carbonyl (C=O) groups excluding carboxylic acids is 1. The molecule has 1 heterocycles. The van der Waals surface area contributed by atoms with Crippen LogP contribution < -0.4 is 15.8 Å². The Balaban J connectivity index is 1.66. The van der Waals surface area contributed by atoms with E-state index in [0.717, 1.165) is 48.3 Å². The van der Waals surface area contributed by atoms with Crippen molar-refractivity contribution in [3.8, 4) is 5.75 Å². The van der Waals surface area contributed by atoms with Crippen molar-refractivity contribution in [3.05, 3.63) is 29.8 Å². The van der Waals surface area contributed by atoms with Crippen molar-refractivity contribution >= 4 is 5.91 Å². The maximum absolute atomic E-state index is 13.7. The molecule has 3 N–H and O–H groups in total. The Morgan fingerprint density at radius 3 is 2.04 bits per heavy atom. The summed E-state index contributed by atoms with van der Waals surface area (Å²) in [6, 6.07) is 8.06. The second-order valence-electron chi connectivity index (χ2n) is 9.18. The van der Waals surface area contributed by atoms with Gasteiger partial charge in [0.1, 0.15) is 17.6 Å². The van der Waals surface area contributed by atoms with Crippen LogP contribution in [0.3, 0.4) is 0 Å². The van der Waals surface area contributed by atoms with Gasteiger partial charge in [-0.05, 0) is 74.0 Å². The third-order valence-corrected chi connectivity index (χ3v) is 7.78. The van der Waals surface area contributed by atoms with Gasteiger partial charge in [0, 0.05) is 12.5 Å². The van der Waals surface area contributed by atoms with Gasteiger partial charge in [-0.15, -0.1) is 0 Å². The van der Waals surface area contributed by atoms with Crippen LogP contribution in [0.4, 0.5) is 0 Å². The number of rotatable bonds is 3. The molecular formula is C21H29N3O2. The predicted molar refractivity (Wildman–Crippen MR) is 99.2 cm³/mol. The summed E-state index contributed by atoms with van der Waals surface area (Å²) in [5.41, 5.74) is 6.65. The van der Waals surface area contributed by atoms with Crippen molar-refractivity contribution in [2.45, 2.75) is 50.4 Å². The zero-order chi connectivity index (χ0) is 18.1. The number of nitrogens with one attached hydrogen (secondary N) is 1. The van der Waals surface area contributed by atoms with Crippen LogP contribution >= 0.6 is 0 Å². The van der Waals surface area contributed by atoms with Crippen LogP contribution in [0.25, 0.3) is 0 Å². The largest absolute Gasteiger partial charge is 0.497 e. The zero-order valence-corrected chi connectivity index (χ0v) is 15.7. The van der Waals surface area contributed by atoms with Crippen LogP contribution in [-0.4, -0.2) is 31.3 Å². The maximum Gasteiger partial charge on any atom is 0.250 e. The highest BCUT2D eigenvalue weighted by Gasteiger charge is 2.67. The third-order valence-electron chi connectivity index (χ3n) is 7.78. The normalized spacial score (nSPS) is 44.0. The third kappa shape index (κ3) is 2.01. The molecule has 4 saturated carbocycles. The van der Waals surface area contributed by atoms with E-state index in [1.54, 1.807) is 12.0 Å². The van der Waals surface area contributed by atoms with Gasteiger partial charge in [-0.3, -0.25) is 15.8 Å². The fourth-order valence-electron chi connectivity index (χ4n) is 7.08. The topological polar surface area (TPSA) is 67.6 Å². The number of nitrogens with zero attached hydrogens (tertiary/aromatic N) is 1. The van der Waals surface area contributed by atoms with E-state index < -0.39 is 11.8 Å². The molecule has 0 radical (unpaired) electrons. The molecule has 5 nitrogen and oxygen atoms in total.